The number of hydrogen-bond acceptors (Lipinski definition) is 2. The second-order valence-corrected chi connectivity index (χ2v) is 5.15. The van der Waals surface area contributed by atoms with Crippen molar-refractivity contribution in [1.82, 2.24) is 14.9 Å². The number of hydrogen-bond donors (Lipinski definition) is 1. The van der Waals surface area contributed by atoms with Crippen molar-refractivity contribution in [3.05, 3.63) is 53.6 Å². The summed E-state index contributed by atoms with van der Waals surface area (Å²) in [4.78, 5) is 4.43. The lowest BCUT2D eigenvalue weighted by molar-refractivity contribution is 0.447. The quantitative estimate of drug-likeness (QED) is 0.910. The first-order chi connectivity index (χ1) is 9.38. The van der Waals surface area contributed by atoms with E-state index in [4.69, 9.17) is 0 Å². The van der Waals surface area contributed by atoms with Crippen molar-refractivity contribution in [1.29, 1.82) is 0 Å². The normalized spacial score (nSPS) is 18.3. The highest BCUT2D eigenvalue weighted by molar-refractivity contribution is 5.32. The Morgan fingerprint density at radius 2 is 2.26 bits per heavy atom. The van der Waals surface area contributed by atoms with Gasteiger partial charge in [-0.25, -0.2) is 4.98 Å². The molecule has 1 aliphatic carbocycles. The van der Waals surface area contributed by atoms with E-state index in [9.17, 15) is 0 Å². The van der Waals surface area contributed by atoms with Crippen molar-refractivity contribution in [3.8, 4) is 0 Å². The lowest BCUT2D eigenvalue weighted by Gasteiger charge is -2.26. The maximum atomic E-state index is 4.43. The molecular formula is C16H21N3. The summed E-state index contributed by atoms with van der Waals surface area (Å²) in [6.07, 6.45) is 7.65. The van der Waals surface area contributed by atoms with Gasteiger partial charge in [0.2, 0.25) is 0 Å². The van der Waals surface area contributed by atoms with Crippen molar-refractivity contribution in [3.63, 3.8) is 0 Å². The molecule has 1 heterocycles. The van der Waals surface area contributed by atoms with Crippen LogP contribution in [-0.2, 0) is 19.5 Å². The third-order valence-electron chi connectivity index (χ3n) is 4.02. The minimum absolute atomic E-state index is 0.479. The SMILES string of the molecule is CCn1ccnc1CNC1CCCc2ccccc21. The van der Waals surface area contributed by atoms with Gasteiger partial charge in [0.1, 0.15) is 5.82 Å². The minimum Gasteiger partial charge on any atom is -0.334 e. The van der Waals surface area contributed by atoms with E-state index in [1.165, 1.54) is 30.4 Å². The molecule has 1 aromatic heterocycles. The summed E-state index contributed by atoms with van der Waals surface area (Å²) in [6, 6.07) is 9.29. The highest BCUT2D eigenvalue weighted by atomic mass is 15.1. The summed E-state index contributed by atoms with van der Waals surface area (Å²) in [7, 11) is 0. The molecule has 19 heavy (non-hydrogen) atoms. The zero-order valence-electron chi connectivity index (χ0n) is 11.5. The maximum absolute atomic E-state index is 4.43. The standard InChI is InChI=1S/C16H21N3/c1-2-19-11-10-17-16(19)12-18-15-9-5-7-13-6-3-4-8-14(13)15/h3-4,6,8,10-11,15,18H,2,5,7,9,12H2,1H3. The van der Waals surface area contributed by atoms with Crippen LogP contribution in [0.2, 0.25) is 0 Å². The van der Waals surface area contributed by atoms with E-state index < -0.39 is 0 Å². The monoisotopic (exact) mass is 255 g/mol. The molecule has 1 aromatic carbocycles. The molecule has 0 amide bonds. The second-order valence-electron chi connectivity index (χ2n) is 5.15. The third kappa shape index (κ3) is 2.56. The van der Waals surface area contributed by atoms with Crippen molar-refractivity contribution in [2.24, 2.45) is 0 Å². The van der Waals surface area contributed by atoms with Gasteiger partial charge in [0, 0.05) is 25.0 Å². The average molecular weight is 255 g/mol. The van der Waals surface area contributed by atoms with Crippen molar-refractivity contribution in [2.45, 2.75) is 45.3 Å². The Kier molecular flexibility index (Phi) is 3.65. The average Bonchev–Trinajstić information content (AvgIpc) is 2.92. The lowest BCUT2D eigenvalue weighted by Crippen LogP contribution is -2.26. The number of benzene rings is 1. The van der Waals surface area contributed by atoms with Crippen molar-refractivity contribution in [2.75, 3.05) is 0 Å². The van der Waals surface area contributed by atoms with Crippen molar-refractivity contribution >= 4 is 0 Å². The Bertz CT molecular complexity index is 544. The van der Waals surface area contributed by atoms with Gasteiger partial charge in [-0.05, 0) is 37.3 Å². The van der Waals surface area contributed by atoms with Gasteiger partial charge in [-0.1, -0.05) is 24.3 Å². The second kappa shape index (κ2) is 5.57. The molecule has 1 atom stereocenters. The number of nitrogens with one attached hydrogen (secondary N) is 1. The Morgan fingerprint density at radius 1 is 1.37 bits per heavy atom. The zero-order valence-corrected chi connectivity index (χ0v) is 11.5. The van der Waals surface area contributed by atoms with Gasteiger partial charge in [0.15, 0.2) is 0 Å². The maximum Gasteiger partial charge on any atom is 0.122 e. The number of imidazole rings is 1. The molecule has 0 fully saturated rings. The predicted octanol–water partition coefficient (Wildman–Crippen LogP) is 3.07. The van der Waals surface area contributed by atoms with E-state index in [2.05, 4.69) is 46.1 Å². The summed E-state index contributed by atoms with van der Waals surface area (Å²) < 4.78 is 2.20. The van der Waals surface area contributed by atoms with Gasteiger partial charge in [0.25, 0.3) is 0 Å². The fourth-order valence-electron chi connectivity index (χ4n) is 2.98. The van der Waals surface area contributed by atoms with Crippen LogP contribution in [0.15, 0.2) is 36.7 Å². The first-order valence-electron chi connectivity index (χ1n) is 7.19. The topological polar surface area (TPSA) is 29.9 Å². The summed E-state index contributed by atoms with van der Waals surface area (Å²) in [5.74, 6) is 1.13. The largest absolute Gasteiger partial charge is 0.334 e. The van der Waals surface area contributed by atoms with Crippen LogP contribution in [0.5, 0.6) is 0 Å². The van der Waals surface area contributed by atoms with E-state index in [-0.39, 0.29) is 0 Å². The molecule has 1 unspecified atom stereocenters. The fraction of sp³-hybridized carbons (Fsp3) is 0.438. The van der Waals surface area contributed by atoms with Crippen LogP contribution < -0.4 is 5.32 Å². The summed E-state index contributed by atoms with van der Waals surface area (Å²) in [5.41, 5.74) is 2.98. The predicted molar refractivity (Wildman–Crippen MR) is 76.9 cm³/mol. The van der Waals surface area contributed by atoms with E-state index in [1.807, 2.05) is 12.4 Å². The molecule has 0 aliphatic heterocycles. The van der Waals surface area contributed by atoms with Crippen LogP contribution in [0.3, 0.4) is 0 Å². The van der Waals surface area contributed by atoms with E-state index in [1.54, 1.807) is 0 Å². The van der Waals surface area contributed by atoms with Crippen molar-refractivity contribution < 1.29 is 0 Å². The Labute approximate surface area is 114 Å². The molecule has 1 aliphatic rings. The molecule has 3 nitrogen and oxygen atoms in total. The minimum atomic E-state index is 0.479. The first-order valence-corrected chi connectivity index (χ1v) is 7.19. The highest BCUT2D eigenvalue weighted by Crippen LogP contribution is 2.29. The van der Waals surface area contributed by atoms with Crippen LogP contribution in [0.1, 0.15) is 42.8 Å². The number of aromatic nitrogens is 2. The van der Waals surface area contributed by atoms with Crippen LogP contribution >= 0.6 is 0 Å². The number of fused-ring (bicyclic) bond motifs is 1. The van der Waals surface area contributed by atoms with Gasteiger partial charge in [-0.3, -0.25) is 0 Å². The number of aryl methyl sites for hydroxylation is 2. The summed E-state index contributed by atoms with van der Waals surface area (Å²) in [5, 5.41) is 3.67. The molecule has 1 N–H and O–H groups in total. The van der Waals surface area contributed by atoms with Crippen LogP contribution in [0, 0.1) is 0 Å². The van der Waals surface area contributed by atoms with Gasteiger partial charge < -0.3 is 9.88 Å². The molecule has 0 saturated carbocycles. The smallest absolute Gasteiger partial charge is 0.122 e. The molecule has 100 valence electrons. The van der Waals surface area contributed by atoms with Crippen LogP contribution in [0.25, 0.3) is 0 Å². The molecule has 2 aromatic rings. The van der Waals surface area contributed by atoms with E-state index in [0.29, 0.717) is 6.04 Å². The number of nitrogens with zero attached hydrogens (tertiary/aromatic N) is 2. The van der Waals surface area contributed by atoms with Gasteiger partial charge in [0.05, 0.1) is 6.54 Å². The van der Waals surface area contributed by atoms with E-state index in [0.717, 1.165) is 18.9 Å². The van der Waals surface area contributed by atoms with Crippen LogP contribution in [-0.4, -0.2) is 9.55 Å². The molecule has 3 heteroatoms. The zero-order chi connectivity index (χ0) is 13.1. The third-order valence-corrected chi connectivity index (χ3v) is 4.02. The van der Waals surface area contributed by atoms with Gasteiger partial charge >= 0.3 is 0 Å². The molecular weight excluding hydrogens is 234 g/mol. The first kappa shape index (κ1) is 12.4. The highest BCUT2D eigenvalue weighted by Gasteiger charge is 2.19. The van der Waals surface area contributed by atoms with Gasteiger partial charge in [-0.15, -0.1) is 0 Å². The molecule has 0 bridgehead atoms. The molecule has 0 spiro atoms. The van der Waals surface area contributed by atoms with E-state index >= 15 is 0 Å². The number of rotatable bonds is 4. The summed E-state index contributed by atoms with van der Waals surface area (Å²) >= 11 is 0. The van der Waals surface area contributed by atoms with Gasteiger partial charge in [-0.2, -0.15) is 0 Å². The molecule has 0 radical (unpaired) electrons. The molecule has 3 rings (SSSR count). The lowest BCUT2D eigenvalue weighted by atomic mass is 9.88. The Morgan fingerprint density at radius 3 is 3.16 bits per heavy atom. The Hall–Kier alpha value is -1.61. The molecule has 0 saturated heterocycles. The summed E-state index contributed by atoms with van der Waals surface area (Å²) in [6.45, 7) is 3.99. The Balaban J connectivity index is 1.71. The fourth-order valence-corrected chi connectivity index (χ4v) is 2.98. The van der Waals surface area contributed by atoms with Crippen LogP contribution in [0.4, 0.5) is 0 Å².